The van der Waals surface area contributed by atoms with E-state index in [1.807, 2.05) is 6.92 Å². The molecule has 2 rings (SSSR count). The van der Waals surface area contributed by atoms with Crippen molar-refractivity contribution >= 4 is 0 Å². The number of rotatable bonds is 0. The summed E-state index contributed by atoms with van der Waals surface area (Å²) >= 11 is 0. The van der Waals surface area contributed by atoms with Crippen LogP contribution in [0, 0.1) is 11.3 Å². The van der Waals surface area contributed by atoms with Crippen molar-refractivity contribution in [2.24, 2.45) is 11.3 Å². The molecule has 1 unspecified atom stereocenters. The first-order valence-electron chi connectivity index (χ1n) is 6.45. The molecule has 0 radical (unpaired) electrons. The first kappa shape index (κ1) is 12.3. The molecule has 2 fully saturated rings. The molecule has 3 nitrogen and oxygen atoms in total. The summed E-state index contributed by atoms with van der Waals surface area (Å²) < 4.78 is 5.68. The average Bonchev–Trinajstić information content (AvgIpc) is 2.22. The molecule has 2 N–H and O–H groups in total. The van der Waals surface area contributed by atoms with Crippen molar-refractivity contribution in [3.8, 4) is 0 Å². The molecule has 0 aromatic rings. The third-order valence-corrected chi connectivity index (χ3v) is 4.93. The molecule has 0 amide bonds. The molecule has 1 heterocycles. The fourth-order valence-electron chi connectivity index (χ4n) is 3.44. The smallest absolute Gasteiger partial charge is 0.160 e. The van der Waals surface area contributed by atoms with Gasteiger partial charge in [-0.3, -0.25) is 0 Å². The third kappa shape index (κ3) is 1.60. The number of aliphatic hydroxyl groups is 2. The Morgan fingerprint density at radius 2 is 1.88 bits per heavy atom. The van der Waals surface area contributed by atoms with Gasteiger partial charge in [0.2, 0.25) is 0 Å². The minimum absolute atomic E-state index is 0.0241. The van der Waals surface area contributed by atoms with Crippen molar-refractivity contribution in [2.45, 2.75) is 70.9 Å². The second-order valence-corrected chi connectivity index (χ2v) is 6.05. The van der Waals surface area contributed by atoms with Gasteiger partial charge in [-0.2, -0.15) is 0 Å². The molecule has 1 aliphatic heterocycles. The van der Waals surface area contributed by atoms with E-state index in [0.29, 0.717) is 0 Å². The van der Waals surface area contributed by atoms with Gasteiger partial charge in [-0.1, -0.05) is 40.0 Å². The third-order valence-electron chi connectivity index (χ3n) is 4.93. The fraction of sp³-hybridized carbons (Fsp3) is 1.00. The quantitative estimate of drug-likeness (QED) is 0.667. The molecule has 16 heavy (non-hydrogen) atoms. The molecule has 4 atom stereocenters. The number of hydrogen-bond acceptors (Lipinski definition) is 3. The van der Waals surface area contributed by atoms with Gasteiger partial charge in [-0.05, 0) is 12.8 Å². The molecule has 0 aromatic heterocycles. The summed E-state index contributed by atoms with van der Waals surface area (Å²) in [6.45, 7) is 6.04. The lowest BCUT2D eigenvalue weighted by atomic mass is 9.59. The second-order valence-electron chi connectivity index (χ2n) is 6.05. The van der Waals surface area contributed by atoms with Gasteiger partial charge in [-0.15, -0.1) is 0 Å². The van der Waals surface area contributed by atoms with Gasteiger partial charge >= 0.3 is 0 Å². The molecule has 0 aromatic carbocycles. The fourth-order valence-corrected chi connectivity index (χ4v) is 3.44. The van der Waals surface area contributed by atoms with Crippen LogP contribution in [0.4, 0.5) is 0 Å². The maximum atomic E-state index is 10.9. The first-order valence-corrected chi connectivity index (χ1v) is 6.45. The predicted molar refractivity (Wildman–Crippen MR) is 61.9 cm³/mol. The Hall–Kier alpha value is -0.120. The lowest BCUT2D eigenvalue weighted by Crippen LogP contribution is -2.64. The highest BCUT2D eigenvalue weighted by atomic mass is 16.6. The molecule has 1 saturated carbocycles. The summed E-state index contributed by atoms with van der Waals surface area (Å²) in [6.07, 6.45) is 4.21. The van der Waals surface area contributed by atoms with E-state index >= 15 is 0 Å². The average molecular weight is 228 g/mol. The predicted octanol–water partition coefficient (Wildman–Crippen LogP) is 2.06. The Balaban J connectivity index is 2.36. The van der Waals surface area contributed by atoms with Crippen LogP contribution in [0.3, 0.4) is 0 Å². The molecular weight excluding hydrogens is 204 g/mol. The maximum absolute atomic E-state index is 10.9. The molecule has 1 aliphatic carbocycles. The molecule has 2 aliphatic rings. The molecule has 3 heteroatoms. The van der Waals surface area contributed by atoms with Crippen LogP contribution in [0.5, 0.6) is 0 Å². The monoisotopic (exact) mass is 228 g/mol. The van der Waals surface area contributed by atoms with Crippen LogP contribution in [0.25, 0.3) is 0 Å². The van der Waals surface area contributed by atoms with Crippen molar-refractivity contribution in [2.75, 3.05) is 0 Å². The lowest BCUT2D eigenvalue weighted by molar-refractivity contribution is -0.313. The van der Waals surface area contributed by atoms with Crippen LogP contribution in [-0.4, -0.2) is 28.2 Å². The van der Waals surface area contributed by atoms with E-state index in [9.17, 15) is 10.2 Å². The van der Waals surface area contributed by atoms with E-state index < -0.39 is 11.9 Å². The van der Waals surface area contributed by atoms with Crippen molar-refractivity contribution < 1.29 is 14.9 Å². The van der Waals surface area contributed by atoms with E-state index in [4.69, 9.17) is 4.74 Å². The highest BCUT2D eigenvalue weighted by Crippen LogP contribution is 2.51. The van der Waals surface area contributed by atoms with E-state index in [1.54, 1.807) is 0 Å². The Kier molecular flexibility index (Phi) is 3.06. The SMILES string of the molecule is C[C@H]1C(O)O[C@H]2CCCCC[C@]1(O)C2(C)C. The molecule has 94 valence electrons. The standard InChI is InChI=1S/C13H24O3/c1-9-11(14)16-10-7-5-4-6-8-13(9,15)12(10,2)3/h9-11,14-15H,4-8H2,1-3H3/t9-,10-,11?,13+/m0/s1. The number of aliphatic hydroxyl groups excluding tert-OH is 1. The zero-order valence-electron chi connectivity index (χ0n) is 10.6. The number of fused-ring (bicyclic) bond motifs is 2. The van der Waals surface area contributed by atoms with Crippen molar-refractivity contribution in [3.05, 3.63) is 0 Å². The van der Waals surface area contributed by atoms with Gasteiger partial charge in [0, 0.05) is 11.3 Å². The summed E-state index contributed by atoms with van der Waals surface area (Å²) in [4.78, 5) is 0. The zero-order valence-corrected chi connectivity index (χ0v) is 10.6. The van der Waals surface area contributed by atoms with Gasteiger partial charge in [0.15, 0.2) is 6.29 Å². The molecule has 2 bridgehead atoms. The van der Waals surface area contributed by atoms with Crippen molar-refractivity contribution in [3.63, 3.8) is 0 Å². The van der Waals surface area contributed by atoms with E-state index in [1.165, 1.54) is 0 Å². The first-order chi connectivity index (χ1) is 7.39. The number of hydrogen-bond donors (Lipinski definition) is 2. The Morgan fingerprint density at radius 1 is 1.19 bits per heavy atom. The largest absolute Gasteiger partial charge is 0.389 e. The topological polar surface area (TPSA) is 49.7 Å². The van der Waals surface area contributed by atoms with Crippen LogP contribution in [0.15, 0.2) is 0 Å². The minimum Gasteiger partial charge on any atom is -0.389 e. The van der Waals surface area contributed by atoms with Gasteiger partial charge in [0.05, 0.1) is 11.7 Å². The van der Waals surface area contributed by atoms with Crippen molar-refractivity contribution in [1.29, 1.82) is 0 Å². The van der Waals surface area contributed by atoms with Crippen LogP contribution < -0.4 is 0 Å². The second kappa shape index (κ2) is 3.97. The Morgan fingerprint density at radius 3 is 2.56 bits per heavy atom. The number of ether oxygens (including phenoxy) is 1. The summed E-state index contributed by atoms with van der Waals surface area (Å²) in [7, 11) is 0. The Labute approximate surface area is 97.8 Å². The summed E-state index contributed by atoms with van der Waals surface area (Å²) in [5, 5.41) is 20.8. The maximum Gasteiger partial charge on any atom is 0.160 e. The van der Waals surface area contributed by atoms with Gasteiger partial charge in [-0.25, -0.2) is 0 Å². The van der Waals surface area contributed by atoms with Crippen molar-refractivity contribution in [1.82, 2.24) is 0 Å². The van der Waals surface area contributed by atoms with Crippen LogP contribution in [0.1, 0.15) is 52.9 Å². The van der Waals surface area contributed by atoms with Gasteiger partial charge in [0.1, 0.15) is 0 Å². The molecule has 1 saturated heterocycles. The van der Waals surface area contributed by atoms with Crippen LogP contribution >= 0.6 is 0 Å². The summed E-state index contributed by atoms with van der Waals surface area (Å²) in [5.74, 6) is -0.211. The van der Waals surface area contributed by atoms with E-state index in [0.717, 1.165) is 32.1 Å². The normalized spacial score (nSPS) is 48.2. The summed E-state index contributed by atoms with van der Waals surface area (Å²) in [5.41, 5.74) is -1.07. The van der Waals surface area contributed by atoms with Crippen LogP contribution in [0.2, 0.25) is 0 Å². The van der Waals surface area contributed by atoms with E-state index in [2.05, 4.69) is 13.8 Å². The summed E-state index contributed by atoms with van der Waals surface area (Å²) in [6, 6.07) is 0. The zero-order chi connectivity index (χ0) is 12.0. The van der Waals surface area contributed by atoms with Crippen LogP contribution in [-0.2, 0) is 4.74 Å². The highest BCUT2D eigenvalue weighted by Gasteiger charge is 2.58. The van der Waals surface area contributed by atoms with Gasteiger partial charge in [0.25, 0.3) is 0 Å². The molecular formula is C13H24O3. The minimum atomic E-state index is -0.818. The highest BCUT2D eigenvalue weighted by molar-refractivity contribution is 5.05. The lowest BCUT2D eigenvalue weighted by Gasteiger charge is -2.57. The Bertz CT molecular complexity index is 264. The van der Waals surface area contributed by atoms with Gasteiger partial charge < -0.3 is 14.9 Å². The molecule has 0 spiro atoms. The van der Waals surface area contributed by atoms with E-state index in [-0.39, 0.29) is 17.4 Å².